The fourth-order valence-corrected chi connectivity index (χ4v) is 2.59. The topological polar surface area (TPSA) is 24.1 Å². The van der Waals surface area contributed by atoms with Crippen LogP contribution in [0.2, 0.25) is 0 Å². The maximum atomic E-state index is 3.26. The average molecular weight is 206 g/mol. The summed E-state index contributed by atoms with van der Waals surface area (Å²) in [4.78, 5) is 0. The van der Waals surface area contributed by atoms with Gasteiger partial charge in [0.15, 0.2) is 0 Å². The van der Waals surface area contributed by atoms with Crippen molar-refractivity contribution in [2.24, 2.45) is 0 Å². The van der Waals surface area contributed by atoms with Gasteiger partial charge in [-0.2, -0.15) is 23.5 Å². The highest BCUT2D eigenvalue weighted by molar-refractivity contribution is 7.99. The number of hydrogen-bond acceptors (Lipinski definition) is 4. The third-order valence-corrected chi connectivity index (χ3v) is 3.66. The molecule has 0 aliphatic carbocycles. The van der Waals surface area contributed by atoms with E-state index in [-0.39, 0.29) is 0 Å². The Balaban J connectivity index is 0.000000120. The van der Waals surface area contributed by atoms with Crippen LogP contribution in [-0.4, -0.2) is 49.2 Å². The van der Waals surface area contributed by atoms with E-state index < -0.39 is 0 Å². The van der Waals surface area contributed by atoms with E-state index in [2.05, 4.69) is 10.6 Å². The van der Waals surface area contributed by atoms with Gasteiger partial charge in [-0.25, -0.2) is 0 Å². The van der Waals surface area contributed by atoms with Crippen LogP contribution in [0.4, 0.5) is 0 Å². The molecule has 0 spiro atoms. The normalized spacial score (nSPS) is 24.0. The Hall–Kier alpha value is 0.620. The van der Waals surface area contributed by atoms with E-state index in [1.54, 1.807) is 0 Å². The van der Waals surface area contributed by atoms with Crippen molar-refractivity contribution in [1.82, 2.24) is 10.6 Å². The van der Waals surface area contributed by atoms with Crippen LogP contribution in [0.1, 0.15) is 0 Å². The van der Waals surface area contributed by atoms with Crippen molar-refractivity contribution in [3.05, 3.63) is 0 Å². The lowest BCUT2D eigenvalue weighted by Gasteiger charge is -2.08. The molecule has 0 amide bonds. The summed E-state index contributed by atoms with van der Waals surface area (Å²) in [6, 6.07) is 0. The second-order valence-electron chi connectivity index (χ2n) is 2.72. The molecule has 0 bridgehead atoms. The first-order chi connectivity index (χ1) is 6.00. The van der Waals surface area contributed by atoms with Crippen molar-refractivity contribution < 1.29 is 0 Å². The smallest absolute Gasteiger partial charge is 0.00585 e. The van der Waals surface area contributed by atoms with Crippen LogP contribution in [0.15, 0.2) is 0 Å². The van der Waals surface area contributed by atoms with Crippen molar-refractivity contribution in [3.8, 4) is 0 Å². The predicted molar refractivity (Wildman–Crippen MR) is 60.4 cm³/mol. The molecule has 0 aromatic rings. The molecule has 4 heteroatoms. The van der Waals surface area contributed by atoms with Crippen LogP contribution in [0.3, 0.4) is 0 Å². The SMILES string of the molecule is C1CSCCN1.C1CSCCN1. The second-order valence-corrected chi connectivity index (χ2v) is 5.17. The lowest BCUT2D eigenvalue weighted by molar-refractivity contribution is 0.756. The average Bonchev–Trinajstić information content (AvgIpc) is 2.24. The van der Waals surface area contributed by atoms with Crippen molar-refractivity contribution in [2.75, 3.05) is 49.2 Å². The van der Waals surface area contributed by atoms with E-state index in [4.69, 9.17) is 0 Å². The standard InChI is InChI=1S/2C4H9NS/c2*1-3-6-4-2-5-1/h2*5H,1-4H2. The minimum Gasteiger partial charge on any atom is -0.315 e. The monoisotopic (exact) mass is 206 g/mol. The Labute approximate surface area is 83.6 Å². The summed E-state index contributed by atoms with van der Waals surface area (Å²) in [6.45, 7) is 4.85. The maximum Gasteiger partial charge on any atom is 0.00585 e. The summed E-state index contributed by atoms with van der Waals surface area (Å²) in [5.41, 5.74) is 0. The van der Waals surface area contributed by atoms with Crippen LogP contribution in [-0.2, 0) is 0 Å². The summed E-state index contributed by atoms with van der Waals surface area (Å²) >= 11 is 4.06. The van der Waals surface area contributed by atoms with Gasteiger partial charge in [0.2, 0.25) is 0 Å². The van der Waals surface area contributed by atoms with E-state index >= 15 is 0 Å². The van der Waals surface area contributed by atoms with Crippen molar-refractivity contribution in [3.63, 3.8) is 0 Å². The van der Waals surface area contributed by atoms with Crippen LogP contribution >= 0.6 is 23.5 Å². The Morgan fingerprint density at radius 1 is 0.583 bits per heavy atom. The first kappa shape index (κ1) is 10.7. The van der Waals surface area contributed by atoms with Crippen LogP contribution in [0, 0.1) is 0 Å². The highest BCUT2D eigenvalue weighted by Gasteiger charge is 1.94. The molecule has 0 saturated carbocycles. The van der Waals surface area contributed by atoms with Crippen LogP contribution < -0.4 is 10.6 Å². The van der Waals surface area contributed by atoms with Gasteiger partial charge < -0.3 is 10.6 Å². The molecule has 2 nitrogen and oxygen atoms in total. The molecule has 72 valence electrons. The number of thioether (sulfide) groups is 2. The maximum absolute atomic E-state index is 3.26. The quantitative estimate of drug-likeness (QED) is 0.608. The predicted octanol–water partition coefficient (Wildman–Crippen LogP) is 0.646. The second kappa shape index (κ2) is 8.23. The van der Waals surface area contributed by atoms with Crippen LogP contribution in [0.25, 0.3) is 0 Å². The van der Waals surface area contributed by atoms with Gasteiger partial charge in [0.05, 0.1) is 0 Å². The van der Waals surface area contributed by atoms with Gasteiger partial charge in [-0.1, -0.05) is 0 Å². The molecule has 2 heterocycles. The summed E-state index contributed by atoms with van der Waals surface area (Å²) in [5.74, 6) is 5.22. The Kier molecular flexibility index (Phi) is 7.34. The van der Waals surface area contributed by atoms with Gasteiger partial charge >= 0.3 is 0 Å². The van der Waals surface area contributed by atoms with E-state index in [9.17, 15) is 0 Å². The largest absolute Gasteiger partial charge is 0.315 e. The van der Waals surface area contributed by atoms with Gasteiger partial charge in [0.25, 0.3) is 0 Å². The molecule has 2 saturated heterocycles. The van der Waals surface area contributed by atoms with Crippen molar-refractivity contribution in [1.29, 1.82) is 0 Å². The number of nitrogens with one attached hydrogen (secondary N) is 2. The minimum absolute atomic E-state index is 1.21. The summed E-state index contributed by atoms with van der Waals surface area (Å²) in [7, 11) is 0. The number of rotatable bonds is 0. The molecule has 0 atom stereocenters. The molecule has 2 rings (SSSR count). The van der Waals surface area contributed by atoms with Gasteiger partial charge in [-0.15, -0.1) is 0 Å². The zero-order chi connectivity index (χ0) is 8.49. The molecule has 2 N–H and O–H groups in total. The Bertz CT molecular complexity index is 58.0. The lowest BCUT2D eigenvalue weighted by Crippen LogP contribution is -2.24. The van der Waals surface area contributed by atoms with Gasteiger partial charge in [-0.3, -0.25) is 0 Å². The molecular weight excluding hydrogens is 188 g/mol. The zero-order valence-corrected chi connectivity index (χ0v) is 9.11. The molecule has 12 heavy (non-hydrogen) atoms. The molecule has 2 fully saturated rings. The van der Waals surface area contributed by atoms with Crippen LogP contribution in [0.5, 0.6) is 0 Å². The van der Waals surface area contributed by atoms with Gasteiger partial charge in [-0.05, 0) is 0 Å². The van der Waals surface area contributed by atoms with Crippen molar-refractivity contribution >= 4 is 23.5 Å². The molecule has 0 unspecified atom stereocenters. The van der Waals surface area contributed by atoms with Gasteiger partial charge in [0, 0.05) is 49.2 Å². The van der Waals surface area contributed by atoms with Crippen molar-refractivity contribution in [2.45, 2.75) is 0 Å². The molecule has 0 radical (unpaired) electrons. The minimum atomic E-state index is 1.21. The van der Waals surface area contributed by atoms with Gasteiger partial charge in [0.1, 0.15) is 0 Å². The highest BCUT2D eigenvalue weighted by Crippen LogP contribution is 1.99. The first-order valence-electron chi connectivity index (χ1n) is 4.57. The summed E-state index contributed by atoms with van der Waals surface area (Å²) in [6.07, 6.45) is 0. The summed E-state index contributed by atoms with van der Waals surface area (Å²) in [5, 5.41) is 6.53. The number of hydrogen-bond donors (Lipinski definition) is 2. The fraction of sp³-hybridized carbons (Fsp3) is 1.00. The molecule has 0 aromatic heterocycles. The first-order valence-corrected chi connectivity index (χ1v) is 6.88. The van der Waals surface area contributed by atoms with E-state index in [0.717, 1.165) is 0 Å². The Morgan fingerprint density at radius 2 is 0.917 bits per heavy atom. The van der Waals surface area contributed by atoms with E-state index in [1.807, 2.05) is 23.5 Å². The lowest BCUT2D eigenvalue weighted by atomic mass is 10.6. The summed E-state index contributed by atoms with van der Waals surface area (Å²) < 4.78 is 0. The molecule has 2 aliphatic rings. The zero-order valence-electron chi connectivity index (χ0n) is 7.47. The molecular formula is C8H18N2S2. The third kappa shape index (κ3) is 6.17. The molecule has 0 aromatic carbocycles. The van der Waals surface area contributed by atoms with E-state index in [0.29, 0.717) is 0 Å². The van der Waals surface area contributed by atoms with E-state index in [1.165, 1.54) is 49.2 Å². The molecule has 2 aliphatic heterocycles. The fourth-order valence-electron chi connectivity index (χ4n) is 1.03. The Morgan fingerprint density at radius 3 is 1.00 bits per heavy atom. The third-order valence-electron chi connectivity index (χ3n) is 1.69. The highest BCUT2D eigenvalue weighted by atomic mass is 32.2.